The molecule has 0 saturated carbocycles. The van der Waals surface area contributed by atoms with Crippen LogP contribution in [0.15, 0.2) is 42.5 Å². The summed E-state index contributed by atoms with van der Waals surface area (Å²) < 4.78 is 57.9. The van der Waals surface area contributed by atoms with Crippen LogP contribution in [0.1, 0.15) is 31.9 Å². The summed E-state index contributed by atoms with van der Waals surface area (Å²) in [7, 11) is -3.49. The number of nitrogens with one attached hydrogen (secondary N) is 1. The molecule has 2 aromatic carbocycles. The van der Waals surface area contributed by atoms with Gasteiger partial charge in [0.2, 0.25) is 10.0 Å². The molecule has 27 heavy (non-hydrogen) atoms. The molecule has 1 unspecified atom stereocenters. The molecule has 0 fully saturated rings. The average molecular weight is 399 g/mol. The zero-order valence-electron chi connectivity index (χ0n) is 15.4. The van der Waals surface area contributed by atoms with Crippen molar-refractivity contribution in [2.75, 3.05) is 6.54 Å². The van der Waals surface area contributed by atoms with E-state index in [1.54, 1.807) is 38.1 Å². The van der Waals surface area contributed by atoms with E-state index in [1.165, 1.54) is 19.1 Å². The fraction of sp³-hybridized carbons (Fsp3) is 0.368. The van der Waals surface area contributed by atoms with E-state index in [9.17, 15) is 22.3 Å². The Bertz CT molecular complexity index is 861. The van der Waals surface area contributed by atoms with E-state index in [0.29, 0.717) is 16.9 Å². The first-order valence-corrected chi connectivity index (χ1v) is 9.93. The van der Waals surface area contributed by atoms with Crippen molar-refractivity contribution in [2.24, 2.45) is 0 Å². The normalized spacial score (nSPS) is 14.2. The van der Waals surface area contributed by atoms with Crippen molar-refractivity contribution in [2.45, 2.75) is 38.2 Å². The number of hydrogen-bond acceptors (Lipinski definition) is 4. The molecule has 0 radical (unpaired) electrons. The lowest BCUT2D eigenvalue weighted by atomic mass is 9.96. The number of hydrogen-bond donors (Lipinski definition) is 2. The Balaban J connectivity index is 2.01. The van der Waals surface area contributed by atoms with Crippen molar-refractivity contribution in [1.29, 1.82) is 0 Å². The molecular formula is C19H23F2NO4S. The lowest BCUT2D eigenvalue weighted by Gasteiger charge is -2.25. The maximum Gasteiger partial charge on any atom is 0.214 e. The molecule has 5 nitrogen and oxygen atoms in total. The number of rotatable bonds is 8. The average Bonchev–Trinajstić information content (AvgIpc) is 2.58. The van der Waals surface area contributed by atoms with Gasteiger partial charge in [-0.1, -0.05) is 12.1 Å². The third kappa shape index (κ3) is 5.98. The van der Waals surface area contributed by atoms with Crippen LogP contribution in [0.2, 0.25) is 0 Å². The summed E-state index contributed by atoms with van der Waals surface area (Å²) in [6.07, 6.45) is 0. The van der Waals surface area contributed by atoms with Crippen LogP contribution in [0.5, 0.6) is 5.75 Å². The predicted molar refractivity (Wildman–Crippen MR) is 98.8 cm³/mol. The van der Waals surface area contributed by atoms with Crippen LogP contribution in [-0.2, 0) is 22.2 Å². The summed E-state index contributed by atoms with van der Waals surface area (Å²) in [6, 6.07) is 9.54. The molecule has 0 saturated heterocycles. The van der Waals surface area contributed by atoms with Crippen LogP contribution in [-0.4, -0.2) is 25.3 Å². The molecule has 0 heterocycles. The standard InChI is InChI=1S/C19H23F2NO4S/c1-13(2)27(24,25)22-12-19(3,23)15-4-6-18(7-5-15)26-11-14-8-16(20)10-17(21)9-14/h4-10,13,22-23H,11-12H2,1-3H3. The Kier molecular flexibility index (Phi) is 6.56. The fourth-order valence-electron chi connectivity index (χ4n) is 2.28. The molecule has 8 heteroatoms. The lowest BCUT2D eigenvalue weighted by molar-refractivity contribution is 0.0626. The van der Waals surface area contributed by atoms with Crippen LogP contribution >= 0.6 is 0 Å². The third-order valence-electron chi connectivity index (χ3n) is 4.04. The number of aliphatic hydroxyl groups is 1. The Labute approximate surface area is 158 Å². The second-order valence-electron chi connectivity index (χ2n) is 6.78. The molecule has 0 spiro atoms. The van der Waals surface area contributed by atoms with E-state index in [1.807, 2.05) is 0 Å². The molecule has 0 aliphatic heterocycles. The van der Waals surface area contributed by atoms with E-state index in [-0.39, 0.29) is 13.2 Å². The summed E-state index contributed by atoms with van der Waals surface area (Å²) in [5, 5.41) is 9.94. The molecule has 148 valence electrons. The van der Waals surface area contributed by atoms with Crippen molar-refractivity contribution >= 4 is 10.0 Å². The summed E-state index contributed by atoms with van der Waals surface area (Å²) in [5.74, 6) is -0.908. The Hall–Kier alpha value is -2.03. The van der Waals surface area contributed by atoms with Gasteiger partial charge in [-0.15, -0.1) is 0 Å². The maximum atomic E-state index is 13.2. The largest absolute Gasteiger partial charge is 0.489 e. The van der Waals surface area contributed by atoms with Crippen molar-refractivity contribution in [3.63, 3.8) is 0 Å². The zero-order chi connectivity index (χ0) is 20.2. The van der Waals surface area contributed by atoms with Gasteiger partial charge in [0.25, 0.3) is 0 Å². The van der Waals surface area contributed by atoms with E-state index in [4.69, 9.17) is 4.74 Å². The molecule has 0 bridgehead atoms. The van der Waals surface area contributed by atoms with Crippen LogP contribution < -0.4 is 9.46 Å². The Morgan fingerprint density at radius 1 is 1.11 bits per heavy atom. The third-order valence-corrected chi connectivity index (χ3v) is 5.83. The molecule has 0 aliphatic carbocycles. The van der Waals surface area contributed by atoms with Gasteiger partial charge >= 0.3 is 0 Å². The van der Waals surface area contributed by atoms with Gasteiger partial charge in [0.15, 0.2) is 0 Å². The van der Waals surface area contributed by atoms with Crippen molar-refractivity contribution < 1.29 is 27.0 Å². The molecule has 1 atom stereocenters. The summed E-state index contributed by atoms with van der Waals surface area (Å²) in [4.78, 5) is 0. The highest BCUT2D eigenvalue weighted by Crippen LogP contribution is 2.23. The minimum atomic E-state index is -3.49. The highest BCUT2D eigenvalue weighted by Gasteiger charge is 2.26. The molecular weight excluding hydrogens is 376 g/mol. The lowest BCUT2D eigenvalue weighted by Crippen LogP contribution is -2.41. The van der Waals surface area contributed by atoms with Crippen LogP contribution in [0.3, 0.4) is 0 Å². The van der Waals surface area contributed by atoms with Crippen LogP contribution in [0.4, 0.5) is 8.78 Å². The van der Waals surface area contributed by atoms with Crippen LogP contribution in [0.25, 0.3) is 0 Å². The minimum Gasteiger partial charge on any atom is -0.489 e. The van der Waals surface area contributed by atoms with Gasteiger partial charge in [-0.25, -0.2) is 21.9 Å². The van der Waals surface area contributed by atoms with Gasteiger partial charge in [0.1, 0.15) is 29.6 Å². The first kappa shape index (κ1) is 21.3. The predicted octanol–water partition coefficient (Wildman–Crippen LogP) is 3.08. The van der Waals surface area contributed by atoms with E-state index >= 15 is 0 Å². The van der Waals surface area contributed by atoms with E-state index in [0.717, 1.165) is 6.07 Å². The van der Waals surface area contributed by atoms with Gasteiger partial charge < -0.3 is 9.84 Å². The number of sulfonamides is 1. The molecule has 0 aromatic heterocycles. The van der Waals surface area contributed by atoms with Gasteiger partial charge in [0, 0.05) is 12.6 Å². The van der Waals surface area contributed by atoms with Gasteiger partial charge in [0.05, 0.1) is 5.25 Å². The topological polar surface area (TPSA) is 75.6 Å². The molecule has 2 aromatic rings. The van der Waals surface area contributed by atoms with Crippen LogP contribution in [0, 0.1) is 11.6 Å². The highest BCUT2D eigenvalue weighted by molar-refractivity contribution is 7.90. The van der Waals surface area contributed by atoms with E-state index in [2.05, 4.69) is 4.72 Å². The maximum absolute atomic E-state index is 13.2. The second kappa shape index (κ2) is 8.33. The summed E-state index contributed by atoms with van der Waals surface area (Å²) >= 11 is 0. The second-order valence-corrected chi connectivity index (χ2v) is 9.10. The first-order valence-electron chi connectivity index (χ1n) is 8.39. The van der Waals surface area contributed by atoms with Gasteiger partial charge in [-0.3, -0.25) is 0 Å². The fourth-order valence-corrected chi connectivity index (χ4v) is 3.10. The molecule has 2 rings (SSSR count). The Morgan fingerprint density at radius 2 is 1.67 bits per heavy atom. The van der Waals surface area contributed by atoms with Crippen molar-refractivity contribution in [1.82, 2.24) is 4.72 Å². The number of benzene rings is 2. The quantitative estimate of drug-likeness (QED) is 0.715. The number of ether oxygens (including phenoxy) is 1. The highest BCUT2D eigenvalue weighted by atomic mass is 32.2. The van der Waals surface area contributed by atoms with Crippen molar-refractivity contribution in [3.05, 3.63) is 65.2 Å². The van der Waals surface area contributed by atoms with Gasteiger partial charge in [-0.2, -0.15) is 0 Å². The van der Waals surface area contributed by atoms with Gasteiger partial charge in [-0.05, 0) is 56.2 Å². The molecule has 2 N–H and O–H groups in total. The van der Waals surface area contributed by atoms with E-state index < -0.39 is 32.5 Å². The molecule has 0 aliphatic rings. The monoisotopic (exact) mass is 399 g/mol. The minimum absolute atomic E-state index is 0.0153. The summed E-state index contributed by atoms with van der Waals surface area (Å²) in [6.45, 7) is 4.41. The SMILES string of the molecule is CC(C)S(=O)(=O)NCC(C)(O)c1ccc(OCc2cc(F)cc(F)c2)cc1. The Morgan fingerprint density at radius 3 is 2.19 bits per heavy atom. The van der Waals surface area contributed by atoms with Crippen molar-refractivity contribution in [3.8, 4) is 5.75 Å². The zero-order valence-corrected chi connectivity index (χ0v) is 16.2. The number of halogens is 2. The molecule has 0 amide bonds. The summed E-state index contributed by atoms with van der Waals surface area (Å²) in [5.41, 5.74) is -0.559. The smallest absolute Gasteiger partial charge is 0.214 e. The first-order chi connectivity index (χ1) is 12.5.